The van der Waals surface area contributed by atoms with Crippen molar-refractivity contribution in [3.05, 3.63) is 66.2 Å². The van der Waals surface area contributed by atoms with Crippen molar-refractivity contribution < 1.29 is 9.31 Å². The van der Waals surface area contributed by atoms with Crippen LogP contribution >= 0.6 is 11.8 Å². The molecule has 1 heterocycles. The number of thioether (sulfide) groups is 1. The Bertz CT molecular complexity index is 688. The van der Waals surface area contributed by atoms with Crippen LogP contribution in [-0.4, -0.2) is 23.0 Å². The zero-order valence-corrected chi connectivity index (χ0v) is 18.7. The predicted octanol–water partition coefficient (Wildman–Crippen LogP) is 6.58. The Morgan fingerprint density at radius 2 is 1.39 bits per heavy atom. The third-order valence-electron chi connectivity index (χ3n) is 6.05. The average Bonchev–Trinajstić information content (AvgIpc) is 2.89. The molecule has 2 aromatic carbocycles. The topological polar surface area (TPSA) is 18.5 Å². The molecule has 0 N–H and O–H groups in total. The van der Waals surface area contributed by atoms with Crippen molar-refractivity contribution in [2.24, 2.45) is 0 Å². The second kappa shape index (κ2) is 8.65. The molecule has 2 aromatic rings. The molecular weight excluding hydrogens is 363 g/mol. The average molecular weight is 396 g/mol. The van der Waals surface area contributed by atoms with Crippen molar-refractivity contribution in [3.63, 3.8) is 0 Å². The molecule has 0 aromatic heterocycles. The zero-order chi connectivity index (χ0) is 20.3. The van der Waals surface area contributed by atoms with E-state index in [0.717, 1.165) is 25.7 Å². The van der Waals surface area contributed by atoms with Crippen LogP contribution in [0.3, 0.4) is 0 Å². The van der Waals surface area contributed by atoms with Crippen molar-refractivity contribution in [3.8, 4) is 0 Å². The molecule has 1 unspecified atom stereocenters. The minimum absolute atomic E-state index is 0.177. The molecule has 1 saturated heterocycles. The number of hydrogen-bond donors (Lipinski definition) is 0. The molecule has 0 aliphatic carbocycles. The Morgan fingerprint density at radius 1 is 0.857 bits per heavy atom. The summed E-state index contributed by atoms with van der Waals surface area (Å²) in [5, 5.41) is 0. The summed E-state index contributed by atoms with van der Waals surface area (Å²) in [6.45, 7) is 10.8. The van der Waals surface area contributed by atoms with Gasteiger partial charge in [-0.05, 0) is 58.2 Å². The first-order chi connectivity index (χ1) is 13.3. The molecule has 1 atom stereocenters. The summed E-state index contributed by atoms with van der Waals surface area (Å²) in [5.74, 6) is 0. The summed E-state index contributed by atoms with van der Waals surface area (Å²) in [4.78, 5) is 1.27. The first-order valence-corrected chi connectivity index (χ1v) is 11.2. The van der Waals surface area contributed by atoms with Crippen LogP contribution in [0.4, 0.5) is 0 Å². The molecule has 0 saturated carbocycles. The Morgan fingerprint density at radius 3 is 1.93 bits per heavy atom. The van der Waals surface area contributed by atoms with E-state index in [0.29, 0.717) is 0 Å². The standard InChI is InChI=1S/C24H33BO2S/c1-6-7-18-24(19-20-14-10-8-11-15-20,28-21-16-12-9-13-17-21)25-26-22(2,3)23(4,5)27-25/h8-17H,6-7,18-19H2,1-5H3. The molecule has 0 spiro atoms. The highest BCUT2D eigenvalue weighted by Crippen LogP contribution is 2.49. The van der Waals surface area contributed by atoms with E-state index in [1.165, 1.54) is 10.5 Å². The Kier molecular flexibility index (Phi) is 6.63. The van der Waals surface area contributed by atoms with Gasteiger partial charge < -0.3 is 9.31 Å². The molecule has 1 aliphatic heterocycles. The first-order valence-electron chi connectivity index (χ1n) is 10.4. The van der Waals surface area contributed by atoms with Gasteiger partial charge in [-0.3, -0.25) is 0 Å². The summed E-state index contributed by atoms with van der Waals surface area (Å²) in [7, 11) is -0.255. The molecule has 0 radical (unpaired) electrons. The van der Waals surface area contributed by atoms with Crippen LogP contribution in [0.5, 0.6) is 0 Å². The van der Waals surface area contributed by atoms with Gasteiger partial charge in [0.2, 0.25) is 0 Å². The van der Waals surface area contributed by atoms with E-state index < -0.39 is 0 Å². The van der Waals surface area contributed by atoms with E-state index in [-0.39, 0.29) is 23.0 Å². The molecule has 1 aliphatic rings. The van der Waals surface area contributed by atoms with E-state index in [1.807, 2.05) is 11.8 Å². The molecule has 3 rings (SSSR count). The van der Waals surface area contributed by atoms with Crippen LogP contribution in [0.25, 0.3) is 0 Å². The minimum Gasteiger partial charge on any atom is -0.402 e. The summed E-state index contributed by atoms with van der Waals surface area (Å²) in [5.41, 5.74) is 0.670. The normalized spacial score (nSPS) is 20.1. The highest BCUT2D eigenvalue weighted by Gasteiger charge is 2.59. The maximum atomic E-state index is 6.63. The maximum absolute atomic E-state index is 6.63. The zero-order valence-electron chi connectivity index (χ0n) is 17.9. The van der Waals surface area contributed by atoms with E-state index in [9.17, 15) is 0 Å². The molecule has 0 amide bonds. The predicted molar refractivity (Wildman–Crippen MR) is 121 cm³/mol. The molecule has 150 valence electrons. The molecule has 2 nitrogen and oxygen atoms in total. The van der Waals surface area contributed by atoms with Gasteiger partial charge in [0.1, 0.15) is 0 Å². The van der Waals surface area contributed by atoms with Crippen molar-refractivity contribution in [1.29, 1.82) is 0 Å². The van der Waals surface area contributed by atoms with Crippen LogP contribution in [0.1, 0.15) is 59.4 Å². The van der Waals surface area contributed by atoms with Gasteiger partial charge in [0, 0.05) is 4.90 Å². The number of unbranched alkanes of at least 4 members (excludes halogenated alkanes) is 1. The summed E-state index contributed by atoms with van der Waals surface area (Å²) in [6, 6.07) is 21.5. The van der Waals surface area contributed by atoms with Crippen LogP contribution in [-0.2, 0) is 15.7 Å². The monoisotopic (exact) mass is 396 g/mol. The van der Waals surface area contributed by atoms with Crippen LogP contribution in [0.15, 0.2) is 65.6 Å². The third-order valence-corrected chi connectivity index (χ3v) is 7.50. The Hall–Kier alpha value is -1.23. The first kappa shape index (κ1) is 21.5. The van der Waals surface area contributed by atoms with Crippen LogP contribution < -0.4 is 0 Å². The number of benzene rings is 2. The van der Waals surface area contributed by atoms with Gasteiger partial charge in [-0.25, -0.2) is 0 Å². The molecular formula is C24H33BO2S. The lowest BCUT2D eigenvalue weighted by molar-refractivity contribution is 0.00578. The number of hydrogen-bond acceptors (Lipinski definition) is 3. The lowest BCUT2D eigenvalue weighted by atomic mass is 9.65. The van der Waals surface area contributed by atoms with Gasteiger partial charge in [-0.2, -0.15) is 0 Å². The Labute approximate surface area is 175 Å². The lowest BCUT2D eigenvalue weighted by Gasteiger charge is -2.35. The van der Waals surface area contributed by atoms with Gasteiger partial charge in [-0.1, -0.05) is 68.3 Å². The highest BCUT2D eigenvalue weighted by atomic mass is 32.2. The summed E-state index contributed by atoms with van der Waals surface area (Å²) in [6.07, 6.45) is 4.28. The van der Waals surface area contributed by atoms with Crippen LogP contribution in [0.2, 0.25) is 0 Å². The van der Waals surface area contributed by atoms with Crippen molar-refractivity contribution in [2.45, 2.75) is 81.0 Å². The fourth-order valence-electron chi connectivity index (χ4n) is 3.62. The fraction of sp³-hybridized carbons (Fsp3) is 0.500. The van der Waals surface area contributed by atoms with E-state index in [1.54, 1.807) is 0 Å². The van der Waals surface area contributed by atoms with E-state index in [4.69, 9.17) is 9.31 Å². The van der Waals surface area contributed by atoms with Crippen LogP contribution in [0, 0.1) is 0 Å². The quantitative estimate of drug-likeness (QED) is 0.371. The van der Waals surface area contributed by atoms with Gasteiger partial charge in [0.25, 0.3) is 0 Å². The fourth-order valence-corrected chi connectivity index (χ4v) is 5.06. The SMILES string of the molecule is CCCCC(Cc1ccccc1)(Sc1ccccc1)B1OC(C)(C)C(C)(C)O1. The molecule has 0 bridgehead atoms. The molecule has 28 heavy (non-hydrogen) atoms. The van der Waals surface area contributed by atoms with Crippen molar-refractivity contribution in [2.75, 3.05) is 0 Å². The smallest absolute Gasteiger partial charge is 0.402 e. The molecule has 1 fully saturated rings. The number of rotatable bonds is 8. The van der Waals surface area contributed by atoms with Crippen molar-refractivity contribution in [1.82, 2.24) is 0 Å². The summed E-state index contributed by atoms with van der Waals surface area (Å²) < 4.78 is 13.1. The molecule has 4 heteroatoms. The highest BCUT2D eigenvalue weighted by molar-refractivity contribution is 8.02. The van der Waals surface area contributed by atoms with Gasteiger partial charge in [-0.15, -0.1) is 11.8 Å². The van der Waals surface area contributed by atoms with E-state index in [2.05, 4.69) is 95.3 Å². The Balaban J connectivity index is 2.01. The second-order valence-electron chi connectivity index (χ2n) is 8.83. The van der Waals surface area contributed by atoms with Gasteiger partial charge >= 0.3 is 7.12 Å². The third kappa shape index (κ3) is 4.67. The van der Waals surface area contributed by atoms with Gasteiger partial charge in [0.05, 0.1) is 15.8 Å². The maximum Gasteiger partial charge on any atom is 0.475 e. The second-order valence-corrected chi connectivity index (χ2v) is 10.3. The van der Waals surface area contributed by atoms with Gasteiger partial charge in [0.15, 0.2) is 0 Å². The largest absolute Gasteiger partial charge is 0.475 e. The summed E-state index contributed by atoms with van der Waals surface area (Å²) >= 11 is 1.92. The lowest BCUT2D eigenvalue weighted by Crippen LogP contribution is -2.47. The van der Waals surface area contributed by atoms with Crippen molar-refractivity contribution >= 4 is 18.9 Å². The van der Waals surface area contributed by atoms with E-state index >= 15 is 0 Å². The minimum atomic E-state index is -0.330.